The van der Waals surface area contributed by atoms with E-state index in [1.807, 2.05) is 6.92 Å². The average Bonchev–Trinajstić information content (AvgIpc) is 2.36. The fourth-order valence-corrected chi connectivity index (χ4v) is 2.64. The van der Waals surface area contributed by atoms with Gasteiger partial charge in [0.25, 0.3) is 0 Å². The Morgan fingerprint density at radius 1 is 1.50 bits per heavy atom. The van der Waals surface area contributed by atoms with Gasteiger partial charge in [0.05, 0.1) is 18.7 Å². The summed E-state index contributed by atoms with van der Waals surface area (Å²) < 4.78 is 11.1. The van der Waals surface area contributed by atoms with Crippen molar-refractivity contribution in [2.24, 2.45) is 5.73 Å². The Morgan fingerprint density at radius 2 is 2.11 bits per heavy atom. The van der Waals surface area contributed by atoms with Gasteiger partial charge in [-0.3, -0.25) is 4.79 Å². The molecule has 0 heterocycles. The molecule has 0 saturated carbocycles. The predicted octanol–water partition coefficient (Wildman–Crippen LogP) is 2.11. The maximum Gasteiger partial charge on any atom is 0.325 e. The van der Waals surface area contributed by atoms with Gasteiger partial charge in [0.1, 0.15) is 6.04 Å². The lowest BCUT2D eigenvalue weighted by atomic mass is 9.98. The van der Waals surface area contributed by atoms with Crippen LogP contribution in [0, 0.1) is 0 Å². The van der Waals surface area contributed by atoms with Gasteiger partial charge < -0.3 is 20.3 Å². The summed E-state index contributed by atoms with van der Waals surface area (Å²) in [6.45, 7) is 1.92. The Balaban J connectivity index is 3.51. The minimum atomic E-state index is -1.09. The Labute approximate surface area is 114 Å². The van der Waals surface area contributed by atoms with Gasteiger partial charge in [-0.1, -0.05) is 6.92 Å². The number of rotatable bonds is 5. The molecule has 6 heteroatoms. The Hall–Kier alpha value is -1.27. The highest BCUT2D eigenvalue weighted by molar-refractivity contribution is 9.10. The van der Waals surface area contributed by atoms with E-state index in [0.29, 0.717) is 28.0 Å². The van der Waals surface area contributed by atoms with Crippen LogP contribution < -0.4 is 15.2 Å². The molecule has 0 spiro atoms. The molecule has 1 aromatic rings. The molecule has 0 aliphatic carbocycles. The van der Waals surface area contributed by atoms with Gasteiger partial charge in [0.2, 0.25) is 0 Å². The highest BCUT2D eigenvalue weighted by atomic mass is 79.9. The number of benzene rings is 1. The lowest BCUT2D eigenvalue weighted by Gasteiger charge is -2.18. The van der Waals surface area contributed by atoms with Gasteiger partial charge in [0, 0.05) is 0 Å². The monoisotopic (exact) mass is 317 g/mol. The maximum absolute atomic E-state index is 11.0. The molecule has 100 valence electrons. The van der Waals surface area contributed by atoms with Gasteiger partial charge in [0.15, 0.2) is 11.5 Å². The van der Waals surface area contributed by atoms with Crippen LogP contribution in [-0.2, 0) is 11.2 Å². The second-order valence-corrected chi connectivity index (χ2v) is 4.46. The second-order valence-electron chi connectivity index (χ2n) is 3.66. The fourth-order valence-electron chi connectivity index (χ4n) is 1.78. The summed E-state index contributed by atoms with van der Waals surface area (Å²) in [5.41, 5.74) is 7.01. The molecule has 0 amide bonds. The van der Waals surface area contributed by atoms with Crippen LogP contribution in [0.15, 0.2) is 10.5 Å². The van der Waals surface area contributed by atoms with Gasteiger partial charge in [-0.2, -0.15) is 0 Å². The summed E-state index contributed by atoms with van der Waals surface area (Å²) in [5, 5.41) is 9.02. The second kappa shape index (κ2) is 6.06. The number of methoxy groups -OCH3 is 2. The zero-order valence-electron chi connectivity index (χ0n) is 10.5. The summed E-state index contributed by atoms with van der Waals surface area (Å²) in [5.74, 6) is -0.0900. The maximum atomic E-state index is 11.0. The van der Waals surface area contributed by atoms with Crippen molar-refractivity contribution >= 4 is 21.9 Å². The van der Waals surface area contributed by atoms with Crippen molar-refractivity contribution in [3.8, 4) is 11.5 Å². The summed E-state index contributed by atoms with van der Waals surface area (Å²) in [6.07, 6.45) is 0.636. The molecule has 1 atom stereocenters. The Kier molecular flexibility index (Phi) is 4.98. The molecule has 1 rings (SSSR count). The van der Waals surface area contributed by atoms with E-state index in [1.54, 1.807) is 6.07 Å². The third-order valence-corrected chi connectivity index (χ3v) is 3.54. The topological polar surface area (TPSA) is 81.8 Å². The molecule has 3 N–H and O–H groups in total. The number of carboxylic acid groups (broad SMARTS) is 1. The van der Waals surface area contributed by atoms with Crippen LogP contribution in [0.1, 0.15) is 24.1 Å². The van der Waals surface area contributed by atoms with Gasteiger partial charge in [-0.15, -0.1) is 0 Å². The first-order valence-corrected chi connectivity index (χ1v) is 6.18. The summed E-state index contributed by atoms with van der Waals surface area (Å²) >= 11 is 3.41. The van der Waals surface area contributed by atoms with E-state index >= 15 is 0 Å². The average molecular weight is 318 g/mol. The van der Waals surface area contributed by atoms with Crippen molar-refractivity contribution in [3.63, 3.8) is 0 Å². The number of hydrogen-bond acceptors (Lipinski definition) is 4. The van der Waals surface area contributed by atoms with E-state index in [2.05, 4.69) is 15.9 Å². The van der Waals surface area contributed by atoms with Crippen molar-refractivity contribution in [2.45, 2.75) is 19.4 Å². The van der Waals surface area contributed by atoms with Crippen LogP contribution in [0.5, 0.6) is 11.5 Å². The molecule has 0 radical (unpaired) electrons. The van der Waals surface area contributed by atoms with Crippen LogP contribution in [0.3, 0.4) is 0 Å². The zero-order valence-corrected chi connectivity index (χ0v) is 12.1. The van der Waals surface area contributed by atoms with Crippen molar-refractivity contribution in [1.29, 1.82) is 0 Å². The fraction of sp³-hybridized carbons (Fsp3) is 0.417. The van der Waals surface area contributed by atoms with Gasteiger partial charge in [-0.05, 0) is 39.5 Å². The lowest BCUT2D eigenvalue weighted by Crippen LogP contribution is -2.22. The number of ether oxygens (including phenoxy) is 2. The molecule has 0 saturated heterocycles. The van der Waals surface area contributed by atoms with Gasteiger partial charge in [-0.25, -0.2) is 0 Å². The first kappa shape index (κ1) is 14.8. The number of hydrogen-bond donors (Lipinski definition) is 2. The van der Waals surface area contributed by atoms with Crippen molar-refractivity contribution in [3.05, 3.63) is 21.7 Å². The van der Waals surface area contributed by atoms with E-state index < -0.39 is 12.0 Å². The third kappa shape index (κ3) is 2.59. The van der Waals surface area contributed by atoms with Crippen LogP contribution in [0.25, 0.3) is 0 Å². The normalized spacial score (nSPS) is 12.1. The first-order valence-electron chi connectivity index (χ1n) is 5.39. The van der Waals surface area contributed by atoms with Crippen molar-refractivity contribution < 1.29 is 19.4 Å². The van der Waals surface area contributed by atoms with E-state index in [4.69, 9.17) is 20.3 Å². The smallest absolute Gasteiger partial charge is 0.325 e. The standard InChI is InChI=1S/C12H16BrNO4/c1-4-6-7(10(14)12(15)16)5-8(17-2)11(18-3)9(6)13/h5,10H,4,14H2,1-3H3,(H,15,16). The van der Waals surface area contributed by atoms with E-state index in [1.165, 1.54) is 14.2 Å². The molecule has 0 aliphatic heterocycles. The Morgan fingerprint density at radius 3 is 2.50 bits per heavy atom. The predicted molar refractivity (Wildman–Crippen MR) is 71.2 cm³/mol. The molecule has 0 aromatic heterocycles. The van der Waals surface area contributed by atoms with Gasteiger partial charge >= 0.3 is 5.97 Å². The SMILES string of the molecule is CCc1c(C(N)C(=O)O)cc(OC)c(OC)c1Br. The molecular weight excluding hydrogens is 302 g/mol. The molecule has 1 unspecified atom stereocenters. The van der Waals surface area contributed by atoms with Crippen LogP contribution >= 0.6 is 15.9 Å². The lowest BCUT2D eigenvalue weighted by molar-refractivity contribution is -0.138. The number of carboxylic acids is 1. The van der Waals surface area contributed by atoms with Crippen LogP contribution in [0.2, 0.25) is 0 Å². The van der Waals surface area contributed by atoms with E-state index in [-0.39, 0.29) is 0 Å². The van der Waals surface area contributed by atoms with Crippen molar-refractivity contribution in [1.82, 2.24) is 0 Å². The molecule has 1 aromatic carbocycles. The molecular formula is C12H16BrNO4. The van der Waals surface area contributed by atoms with Crippen LogP contribution in [-0.4, -0.2) is 25.3 Å². The van der Waals surface area contributed by atoms with E-state index in [0.717, 1.165) is 5.56 Å². The number of nitrogens with two attached hydrogens (primary N) is 1. The molecule has 18 heavy (non-hydrogen) atoms. The minimum Gasteiger partial charge on any atom is -0.493 e. The van der Waals surface area contributed by atoms with E-state index in [9.17, 15) is 4.79 Å². The molecule has 0 aliphatic rings. The summed E-state index contributed by atoms with van der Waals surface area (Å²) in [7, 11) is 3.02. The summed E-state index contributed by atoms with van der Waals surface area (Å²) in [4.78, 5) is 11.0. The minimum absolute atomic E-state index is 0.452. The first-order chi connectivity index (χ1) is 8.47. The highest BCUT2D eigenvalue weighted by Gasteiger charge is 2.23. The molecule has 0 fully saturated rings. The largest absolute Gasteiger partial charge is 0.493 e. The number of halogens is 1. The molecule has 5 nitrogen and oxygen atoms in total. The molecule has 0 bridgehead atoms. The highest BCUT2D eigenvalue weighted by Crippen LogP contribution is 2.41. The van der Waals surface area contributed by atoms with Crippen LogP contribution in [0.4, 0.5) is 0 Å². The Bertz CT molecular complexity index is 462. The zero-order chi connectivity index (χ0) is 13.9. The quantitative estimate of drug-likeness (QED) is 0.869. The third-order valence-electron chi connectivity index (χ3n) is 2.70. The van der Waals surface area contributed by atoms with Crippen molar-refractivity contribution in [2.75, 3.05) is 14.2 Å². The number of aliphatic carboxylic acids is 1. The number of carbonyl (C=O) groups is 1. The summed E-state index contributed by atoms with van der Waals surface area (Å²) in [6, 6.07) is 0.525.